The van der Waals surface area contributed by atoms with E-state index >= 15 is 0 Å². The number of nitrogens with one attached hydrogen (secondary N) is 1. The predicted molar refractivity (Wildman–Crippen MR) is 103 cm³/mol. The fraction of sp³-hybridized carbons (Fsp3) is 0.450. The molecule has 140 valence electrons. The summed E-state index contributed by atoms with van der Waals surface area (Å²) in [5, 5.41) is 1.11. The molecule has 0 amide bonds. The summed E-state index contributed by atoms with van der Waals surface area (Å²) in [6.07, 6.45) is 11.3. The van der Waals surface area contributed by atoms with Crippen molar-refractivity contribution in [3.05, 3.63) is 37.2 Å². The molecule has 7 heteroatoms. The zero-order valence-electron chi connectivity index (χ0n) is 15.2. The molecule has 0 saturated carbocycles. The summed E-state index contributed by atoms with van der Waals surface area (Å²) in [6, 6.07) is 2.51. The van der Waals surface area contributed by atoms with Gasteiger partial charge in [0.1, 0.15) is 18.1 Å². The fourth-order valence-electron chi connectivity index (χ4n) is 4.51. The SMILES string of the molecule is FC1CCN([C@H]2CCCN(c3ccnc4[nH]cc(-c5cncnc5)c34)C2)C1. The molecule has 0 bridgehead atoms. The minimum absolute atomic E-state index is 0.421. The Hall–Kier alpha value is -2.54. The number of hydrogen-bond acceptors (Lipinski definition) is 5. The van der Waals surface area contributed by atoms with Crippen molar-refractivity contribution in [2.75, 3.05) is 31.1 Å². The van der Waals surface area contributed by atoms with Gasteiger partial charge in [-0.25, -0.2) is 19.3 Å². The molecule has 0 aliphatic carbocycles. The van der Waals surface area contributed by atoms with Crippen LogP contribution < -0.4 is 4.90 Å². The van der Waals surface area contributed by atoms with Crippen LogP contribution in [-0.2, 0) is 0 Å². The van der Waals surface area contributed by atoms with Gasteiger partial charge < -0.3 is 9.88 Å². The second-order valence-corrected chi connectivity index (χ2v) is 7.51. The third kappa shape index (κ3) is 3.06. The van der Waals surface area contributed by atoms with E-state index in [1.165, 1.54) is 5.69 Å². The number of rotatable bonds is 3. The van der Waals surface area contributed by atoms with Crippen LogP contribution in [-0.4, -0.2) is 63.2 Å². The molecule has 0 spiro atoms. The molecule has 2 aliphatic rings. The van der Waals surface area contributed by atoms with Crippen LogP contribution >= 0.6 is 0 Å². The van der Waals surface area contributed by atoms with Crippen molar-refractivity contribution in [1.29, 1.82) is 0 Å². The maximum absolute atomic E-state index is 13.7. The molecule has 2 fully saturated rings. The van der Waals surface area contributed by atoms with Gasteiger partial charge in [-0.15, -0.1) is 0 Å². The number of piperidine rings is 1. The average molecular weight is 366 g/mol. The van der Waals surface area contributed by atoms with Gasteiger partial charge >= 0.3 is 0 Å². The van der Waals surface area contributed by atoms with Gasteiger partial charge in [0, 0.05) is 73.8 Å². The molecule has 5 rings (SSSR count). The molecule has 5 heterocycles. The predicted octanol–water partition coefficient (Wildman–Crippen LogP) is 3.03. The summed E-state index contributed by atoms with van der Waals surface area (Å²) in [5.74, 6) is 0. The van der Waals surface area contributed by atoms with E-state index in [9.17, 15) is 4.39 Å². The van der Waals surface area contributed by atoms with Gasteiger partial charge in [0.05, 0.1) is 5.39 Å². The van der Waals surface area contributed by atoms with Crippen LogP contribution in [0.1, 0.15) is 19.3 Å². The zero-order valence-corrected chi connectivity index (χ0v) is 15.2. The highest BCUT2D eigenvalue weighted by Crippen LogP contribution is 2.36. The Morgan fingerprint density at radius 2 is 2.00 bits per heavy atom. The van der Waals surface area contributed by atoms with E-state index in [0.717, 1.165) is 54.6 Å². The van der Waals surface area contributed by atoms with Crippen molar-refractivity contribution >= 4 is 16.7 Å². The van der Waals surface area contributed by atoms with E-state index in [1.54, 1.807) is 6.33 Å². The van der Waals surface area contributed by atoms with Crippen molar-refractivity contribution in [3.8, 4) is 11.1 Å². The second-order valence-electron chi connectivity index (χ2n) is 7.51. The van der Waals surface area contributed by atoms with Crippen molar-refractivity contribution in [2.45, 2.75) is 31.5 Å². The molecule has 27 heavy (non-hydrogen) atoms. The number of fused-ring (bicyclic) bond motifs is 1. The molecule has 2 aliphatic heterocycles. The van der Waals surface area contributed by atoms with Gasteiger partial charge in [-0.05, 0) is 25.3 Å². The Kier molecular flexibility index (Phi) is 4.24. The summed E-state index contributed by atoms with van der Waals surface area (Å²) in [4.78, 5) is 20.9. The number of hydrogen-bond donors (Lipinski definition) is 1. The molecular formula is C20H23FN6. The van der Waals surface area contributed by atoms with Crippen LogP contribution in [0.5, 0.6) is 0 Å². The smallest absolute Gasteiger partial charge is 0.139 e. The molecule has 3 aromatic rings. The van der Waals surface area contributed by atoms with Crippen LogP contribution in [0.4, 0.5) is 10.1 Å². The van der Waals surface area contributed by atoms with E-state index in [2.05, 4.69) is 35.8 Å². The van der Waals surface area contributed by atoms with Crippen molar-refractivity contribution < 1.29 is 4.39 Å². The van der Waals surface area contributed by atoms with Crippen LogP contribution in [0.3, 0.4) is 0 Å². The number of nitrogens with zero attached hydrogens (tertiary/aromatic N) is 5. The minimum Gasteiger partial charge on any atom is -0.369 e. The lowest BCUT2D eigenvalue weighted by atomic mass is 10.0. The quantitative estimate of drug-likeness (QED) is 0.772. The highest BCUT2D eigenvalue weighted by molar-refractivity contribution is 6.02. The summed E-state index contributed by atoms with van der Waals surface area (Å²) in [6.45, 7) is 3.41. The van der Waals surface area contributed by atoms with Gasteiger partial charge in [-0.3, -0.25) is 4.90 Å². The Morgan fingerprint density at radius 1 is 1.11 bits per heavy atom. The lowest BCUT2D eigenvalue weighted by molar-refractivity contribution is 0.199. The Bertz CT molecular complexity index is 927. The van der Waals surface area contributed by atoms with E-state index in [0.29, 0.717) is 19.0 Å². The normalized spacial score (nSPS) is 24.0. The highest BCUT2D eigenvalue weighted by atomic mass is 19.1. The second kappa shape index (κ2) is 6.88. The monoisotopic (exact) mass is 366 g/mol. The Morgan fingerprint density at radius 3 is 2.81 bits per heavy atom. The Balaban J connectivity index is 1.50. The standard InChI is InChI=1S/C20H23FN6/c21-15-4-7-26(11-15)16-2-1-6-27(12-16)18-3-5-24-20-19(18)17(10-25-20)14-8-22-13-23-9-14/h3,5,8-10,13,15-16H,1-2,4,6-7,11-12H2,(H,24,25)/t15?,16-/m0/s1. The number of aromatic nitrogens is 4. The van der Waals surface area contributed by atoms with Crippen molar-refractivity contribution in [2.24, 2.45) is 0 Å². The fourth-order valence-corrected chi connectivity index (χ4v) is 4.51. The number of anilines is 1. The minimum atomic E-state index is -0.664. The molecule has 0 radical (unpaired) electrons. The van der Waals surface area contributed by atoms with Crippen molar-refractivity contribution in [3.63, 3.8) is 0 Å². The summed E-state index contributed by atoms with van der Waals surface area (Å²) < 4.78 is 13.7. The molecule has 2 atom stereocenters. The Labute approximate surface area is 157 Å². The first-order chi connectivity index (χ1) is 13.3. The van der Waals surface area contributed by atoms with Crippen LogP contribution in [0, 0.1) is 0 Å². The molecule has 3 aromatic heterocycles. The van der Waals surface area contributed by atoms with Gasteiger partial charge in [-0.2, -0.15) is 0 Å². The first kappa shape index (κ1) is 16.6. The lowest BCUT2D eigenvalue weighted by Crippen LogP contribution is -2.47. The van der Waals surface area contributed by atoms with E-state index in [-0.39, 0.29) is 0 Å². The zero-order chi connectivity index (χ0) is 18.2. The van der Waals surface area contributed by atoms with E-state index in [1.807, 2.05) is 24.8 Å². The van der Waals surface area contributed by atoms with Gasteiger partial charge in [-0.1, -0.05) is 0 Å². The van der Waals surface area contributed by atoms with Crippen LogP contribution in [0.25, 0.3) is 22.2 Å². The molecular weight excluding hydrogens is 343 g/mol. The number of pyridine rings is 1. The number of aromatic amines is 1. The maximum atomic E-state index is 13.7. The summed E-state index contributed by atoms with van der Waals surface area (Å²) in [7, 11) is 0. The highest BCUT2D eigenvalue weighted by Gasteiger charge is 2.32. The lowest BCUT2D eigenvalue weighted by Gasteiger charge is -2.39. The topological polar surface area (TPSA) is 60.9 Å². The number of likely N-dealkylation sites (tertiary alicyclic amines) is 1. The third-order valence-electron chi connectivity index (χ3n) is 5.84. The van der Waals surface area contributed by atoms with E-state index in [4.69, 9.17) is 0 Å². The third-order valence-corrected chi connectivity index (χ3v) is 5.84. The maximum Gasteiger partial charge on any atom is 0.139 e. The molecule has 1 N–H and O–H groups in total. The van der Waals surface area contributed by atoms with Gasteiger partial charge in [0.2, 0.25) is 0 Å². The number of halogens is 1. The number of alkyl halides is 1. The van der Waals surface area contributed by atoms with Crippen LogP contribution in [0.15, 0.2) is 37.2 Å². The first-order valence-electron chi connectivity index (χ1n) is 9.64. The molecule has 6 nitrogen and oxygen atoms in total. The van der Waals surface area contributed by atoms with Gasteiger partial charge in [0.25, 0.3) is 0 Å². The number of H-pyrrole nitrogens is 1. The molecule has 1 unspecified atom stereocenters. The molecule has 0 aromatic carbocycles. The first-order valence-corrected chi connectivity index (χ1v) is 9.64. The van der Waals surface area contributed by atoms with Crippen LogP contribution in [0.2, 0.25) is 0 Å². The summed E-state index contributed by atoms with van der Waals surface area (Å²) in [5.41, 5.74) is 4.10. The average Bonchev–Trinajstić information content (AvgIpc) is 3.35. The summed E-state index contributed by atoms with van der Waals surface area (Å²) >= 11 is 0. The molecule has 2 saturated heterocycles. The largest absolute Gasteiger partial charge is 0.369 e. The van der Waals surface area contributed by atoms with E-state index < -0.39 is 6.17 Å². The van der Waals surface area contributed by atoms with Crippen molar-refractivity contribution in [1.82, 2.24) is 24.8 Å². The van der Waals surface area contributed by atoms with Gasteiger partial charge in [0.15, 0.2) is 0 Å².